The molecule has 1 saturated heterocycles. The Morgan fingerprint density at radius 2 is 2.00 bits per heavy atom. The minimum absolute atomic E-state index is 0.179. The molecule has 2 fully saturated rings. The minimum atomic E-state index is -0.522. The molecule has 1 aliphatic heterocycles. The highest BCUT2D eigenvalue weighted by molar-refractivity contribution is 6.05. The summed E-state index contributed by atoms with van der Waals surface area (Å²) in [5.41, 5.74) is 3.04. The number of hydrogen-bond donors (Lipinski definition) is 3. The van der Waals surface area contributed by atoms with E-state index in [0.29, 0.717) is 35.8 Å². The lowest BCUT2D eigenvalue weighted by Gasteiger charge is -2.11. The van der Waals surface area contributed by atoms with Gasteiger partial charge in [0, 0.05) is 36.7 Å². The number of pyridine rings is 1. The van der Waals surface area contributed by atoms with Gasteiger partial charge in [-0.05, 0) is 50.3 Å². The lowest BCUT2D eigenvalue weighted by molar-refractivity contribution is -0.120. The Kier molecular flexibility index (Phi) is 4.62. The molecule has 0 bridgehead atoms. The Balaban J connectivity index is 1.47. The first-order chi connectivity index (χ1) is 13.4. The standard InChI is InChI=1S/C20H23N5O3/c1-11-14(10-16(25(11)2)12-3-4-12)19(27)24-17-9-13(5-7-21-17)18(26)23-15-6-8-22-20(15)28/h5,7,9-10,12,15H,3-4,6,8H2,1-2H3,(H,22,28)(H,23,26)(H,21,24,27)/t15-/m0/s1. The fourth-order valence-corrected chi connectivity index (χ4v) is 3.52. The van der Waals surface area contributed by atoms with E-state index in [1.165, 1.54) is 18.0 Å². The summed E-state index contributed by atoms with van der Waals surface area (Å²) in [6.45, 7) is 2.48. The Bertz CT molecular complexity index is 961. The van der Waals surface area contributed by atoms with E-state index in [4.69, 9.17) is 0 Å². The summed E-state index contributed by atoms with van der Waals surface area (Å²) in [6.07, 6.45) is 4.36. The summed E-state index contributed by atoms with van der Waals surface area (Å²) < 4.78 is 2.07. The van der Waals surface area contributed by atoms with Crippen molar-refractivity contribution in [2.45, 2.75) is 38.1 Å². The van der Waals surface area contributed by atoms with Crippen LogP contribution in [0.4, 0.5) is 5.82 Å². The predicted molar refractivity (Wildman–Crippen MR) is 103 cm³/mol. The maximum atomic E-state index is 12.7. The monoisotopic (exact) mass is 381 g/mol. The molecule has 0 unspecified atom stereocenters. The smallest absolute Gasteiger partial charge is 0.258 e. The summed E-state index contributed by atoms with van der Waals surface area (Å²) in [6, 6.07) is 4.49. The van der Waals surface area contributed by atoms with Gasteiger partial charge in [0.2, 0.25) is 5.91 Å². The SMILES string of the molecule is Cc1c(C(=O)Nc2cc(C(=O)N[C@H]3CCNC3=O)ccn2)cc(C2CC2)n1C. The van der Waals surface area contributed by atoms with E-state index in [2.05, 4.69) is 25.5 Å². The largest absolute Gasteiger partial charge is 0.354 e. The van der Waals surface area contributed by atoms with Crippen molar-refractivity contribution in [2.24, 2.45) is 7.05 Å². The molecular formula is C20H23N5O3. The van der Waals surface area contributed by atoms with E-state index in [0.717, 1.165) is 18.5 Å². The first-order valence-corrected chi connectivity index (χ1v) is 9.46. The molecule has 28 heavy (non-hydrogen) atoms. The number of rotatable bonds is 5. The Labute approximate surface area is 162 Å². The van der Waals surface area contributed by atoms with Crippen molar-refractivity contribution in [3.8, 4) is 0 Å². The van der Waals surface area contributed by atoms with Gasteiger partial charge in [-0.3, -0.25) is 14.4 Å². The van der Waals surface area contributed by atoms with Crippen LogP contribution in [0, 0.1) is 6.92 Å². The molecule has 3 N–H and O–H groups in total. The van der Waals surface area contributed by atoms with Gasteiger partial charge in [-0.1, -0.05) is 0 Å². The van der Waals surface area contributed by atoms with E-state index in [1.54, 1.807) is 6.07 Å². The van der Waals surface area contributed by atoms with Crippen LogP contribution in [-0.2, 0) is 11.8 Å². The number of nitrogens with one attached hydrogen (secondary N) is 3. The maximum absolute atomic E-state index is 12.7. The van der Waals surface area contributed by atoms with Crippen molar-refractivity contribution in [1.29, 1.82) is 0 Å². The third kappa shape index (κ3) is 3.49. The molecule has 2 aliphatic rings. The van der Waals surface area contributed by atoms with E-state index < -0.39 is 6.04 Å². The van der Waals surface area contributed by atoms with Crippen LogP contribution in [0.15, 0.2) is 24.4 Å². The Morgan fingerprint density at radius 1 is 1.21 bits per heavy atom. The predicted octanol–water partition coefficient (Wildman–Crippen LogP) is 1.48. The molecule has 146 valence electrons. The van der Waals surface area contributed by atoms with Gasteiger partial charge in [0.25, 0.3) is 11.8 Å². The van der Waals surface area contributed by atoms with E-state index >= 15 is 0 Å². The molecule has 0 radical (unpaired) electrons. The second-order valence-corrected chi connectivity index (χ2v) is 7.39. The molecule has 0 aromatic carbocycles. The zero-order valence-electron chi connectivity index (χ0n) is 15.9. The summed E-state index contributed by atoms with van der Waals surface area (Å²) in [5.74, 6) is 0.0435. The second kappa shape index (κ2) is 7.10. The van der Waals surface area contributed by atoms with Crippen molar-refractivity contribution in [2.75, 3.05) is 11.9 Å². The van der Waals surface area contributed by atoms with Crippen molar-refractivity contribution in [1.82, 2.24) is 20.2 Å². The fraction of sp³-hybridized carbons (Fsp3) is 0.400. The first-order valence-electron chi connectivity index (χ1n) is 9.46. The third-order valence-electron chi connectivity index (χ3n) is 5.43. The van der Waals surface area contributed by atoms with Crippen LogP contribution < -0.4 is 16.0 Å². The number of nitrogens with zero attached hydrogens (tertiary/aromatic N) is 2. The topological polar surface area (TPSA) is 105 Å². The molecule has 2 aromatic heterocycles. The van der Waals surface area contributed by atoms with E-state index in [-0.39, 0.29) is 17.7 Å². The van der Waals surface area contributed by atoms with Crippen LogP contribution in [0.5, 0.6) is 0 Å². The van der Waals surface area contributed by atoms with Crippen molar-refractivity contribution >= 4 is 23.5 Å². The molecule has 8 heteroatoms. The second-order valence-electron chi connectivity index (χ2n) is 7.39. The molecule has 0 spiro atoms. The van der Waals surface area contributed by atoms with Gasteiger partial charge >= 0.3 is 0 Å². The molecule has 1 saturated carbocycles. The highest BCUT2D eigenvalue weighted by atomic mass is 16.2. The number of hydrogen-bond acceptors (Lipinski definition) is 4. The summed E-state index contributed by atoms with van der Waals surface area (Å²) >= 11 is 0. The highest BCUT2D eigenvalue weighted by Crippen LogP contribution is 2.41. The first kappa shape index (κ1) is 18.2. The fourth-order valence-electron chi connectivity index (χ4n) is 3.52. The van der Waals surface area contributed by atoms with Crippen LogP contribution in [0.1, 0.15) is 57.3 Å². The third-order valence-corrected chi connectivity index (χ3v) is 5.43. The number of carbonyl (C=O) groups is 3. The van der Waals surface area contributed by atoms with Crippen molar-refractivity contribution in [3.63, 3.8) is 0 Å². The van der Waals surface area contributed by atoms with Gasteiger partial charge in [0.05, 0.1) is 5.56 Å². The summed E-state index contributed by atoms with van der Waals surface area (Å²) in [4.78, 5) is 40.9. The van der Waals surface area contributed by atoms with Crippen molar-refractivity contribution in [3.05, 3.63) is 46.9 Å². The summed E-state index contributed by atoms with van der Waals surface area (Å²) in [7, 11) is 1.97. The lowest BCUT2D eigenvalue weighted by Crippen LogP contribution is -2.40. The zero-order chi connectivity index (χ0) is 19.8. The van der Waals surface area contributed by atoms with Crippen LogP contribution in [0.3, 0.4) is 0 Å². The van der Waals surface area contributed by atoms with Gasteiger partial charge in [0.15, 0.2) is 0 Å². The highest BCUT2D eigenvalue weighted by Gasteiger charge is 2.29. The Morgan fingerprint density at radius 3 is 2.68 bits per heavy atom. The normalized spacial score (nSPS) is 18.6. The van der Waals surface area contributed by atoms with Crippen LogP contribution >= 0.6 is 0 Å². The summed E-state index contributed by atoms with van der Waals surface area (Å²) in [5, 5.41) is 8.16. The number of amides is 3. The molecule has 3 heterocycles. The van der Waals surface area contributed by atoms with Gasteiger partial charge in [-0.25, -0.2) is 4.98 Å². The number of aromatic nitrogens is 2. The van der Waals surface area contributed by atoms with Crippen molar-refractivity contribution < 1.29 is 14.4 Å². The van der Waals surface area contributed by atoms with Crippen LogP contribution in [0.2, 0.25) is 0 Å². The zero-order valence-corrected chi connectivity index (χ0v) is 15.9. The van der Waals surface area contributed by atoms with Crippen LogP contribution in [-0.4, -0.2) is 39.9 Å². The molecule has 3 amide bonds. The number of anilines is 1. The van der Waals surface area contributed by atoms with Gasteiger partial charge in [-0.15, -0.1) is 0 Å². The molecule has 2 aromatic rings. The Hall–Kier alpha value is -3.16. The molecule has 8 nitrogen and oxygen atoms in total. The number of carbonyl (C=O) groups excluding carboxylic acids is 3. The van der Waals surface area contributed by atoms with Gasteiger partial charge < -0.3 is 20.5 Å². The molecule has 1 aliphatic carbocycles. The van der Waals surface area contributed by atoms with Gasteiger partial charge in [-0.2, -0.15) is 0 Å². The molecular weight excluding hydrogens is 358 g/mol. The minimum Gasteiger partial charge on any atom is -0.354 e. The maximum Gasteiger partial charge on any atom is 0.258 e. The van der Waals surface area contributed by atoms with Gasteiger partial charge in [0.1, 0.15) is 11.9 Å². The quantitative estimate of drug-likeness (QED) is 0.729. The lowest BCUT2D eigenvalue weighted by atomic mass is 10.2. The van der Waals surface area contributed by atoms with Crippen LogP contribution in [0.25, 0.3) is 0 Å². The average Bonchev–Trinajstić information content (AvgIpc) is 3.38. The van der Waals surface area contributed by atoms with E-state index in [1.807, 2.05) is 20.0 Å². The molecule has 4 rings (SSSR count). The van der Waals surface area contributed by atoms with E-state index in [9.17, 15) is 14.4 Å². The average molecular weight is 381 g/mol. The molecule has 1 atom stereocenters.